The Kier molecular flexibility index (Phi) is 4.50. The van der Waals surface area contributed by atoms with Crippen molar-refractivity contribution in [3.8, 4) is 0 Å². The summed E-state index contributed by atoms with van der Waals surface area (Å²) in [4.78, 5) is 0.153. The second-order valence-electron chi connectivity index (χ2n) is 5.05. The summed E-state index contributed by atoms with van der Waals surface area (Å²) in [5, 5.41) is 9.51. The first-order chi connectivity index (χ1) is 8.94. The molecule has 0 saturated heterocycles. The highest BCUT2D eigenvalue weighted by atomic mass is 35.5. The lowest BCUT2D eigenvalue weighted by Crippen LogP contribution is -2.36. The van der Waals surface area contributed by atoms with E-state index in [-0.39, 0.29) is 17.5 Å². The molecule has 0 aliphatic heterocycles. The maximum atomic E-state index is 12.3. The number of aliphatic hydroxyl groups excluding tert-OH is 1. The first kappa shape index (κ1) is 14.8. The summed E-state index contributed by atoms with van der Waals surface area (Å²) in [7, 11) is -3.55. The number of halogens is 1. The summed E-state index contributed by atoms with van der Waals surface area (Å²) in [5.74, 6) is 0.361. The van der Waals surface area contributed by atoms with Crippen LogP contribution in [0.1, 0.15) is 31.7 Å². The Balaban J connectivity index is 2.24. The summed E-state index contributed by atoms with van der Waals surface area (Å²) in [6, 6.07) is 4.38. The topological polar surface area (TPSA) is 66.4 Å². The van der Waals surface area contributed by atoms with Crippen LogP contribution in [0, 0.1) is 5.92 Å². The molecule has 6 heteroatoms. The minimum absolute atomic E-state index is 0.00162. The average Bonchev–Trinajstić information content (AvgIpc) is 2.74. The monoisotopic (exact) mass is 303 g/mol. The van der Waals surface area contributed by atoms with Crippen LogP contribution in [-0.2, 0) is 16.6 Å². The molecule has 1 aromatic rings. The molecule has 2 atom stereocenters. The number of aliphatic hydroxyl groups is 1. The maximum Gasteiger partial charge on any atom is 0.240 e. The predicted octanol–water partition coefficient (Wildman–Crippen LogP) is 2.30. The Morgan fingerprint density at radius 3 is 2.74 bits per heavy atom. The van der Waals surface area contributed by atoms with E-state index in [1.807, 2.05) is 0 Å². The van der Waals surface area contributed by atoms with E-state index in [2.05, 4.69) is 11.6 Å². The fraction of sp³-hybridized carbons (Fsp3) is 0.538. The van der Waals surface area contributed by atoms with Crippen LogP contribution in [0.15, 0.2) is 23.1 Å². The maximum absolute atomic E-state index is 12.3. The first-order valence-corrected chi connectivity index (χ1v) is 8.22. The molecule has 1 aliphatic carbocycles. The van der Waals surface area contributed by atoms with Crippen molar-refractivity contribution in [1.29, 1.82) is 0 Å². The third-order valence-corrected chi connectivity index (χ3v) is 5.52. The zero-order valence-corrected chi connectivity index (χ0v) is 12.3. The van der Waals surface area contributed by atoms with Crippen LogP contribution in [0.4, 0.5) is 0 Å². The highest BCUT2D eigenvalue weighted by Crippen LogP contribution is 2.27. The van der Waals surface area contributed by atoms with E-state index in [1.54, 1.807) is 0 Å². The van der Waals surface area contributed by atoms with Gasteiger partial charge in [0.15, 0.2) is 0 Å². The second kappa shape index (κ2) is 5.79. The molecule has 2 N–H and O–H groups in total. The summed E-state index contributed by atoms with van der Waals surface area (Å²) >= 11 is 5.86. The lowest BCUT2D eigenvalue weighted by Gasteiger charge is -2.17. The molecule has 0 spiro atoms. The molecule has 4 nitrogen and oxygen atoms in total. The Morgan fingerprint density at radius 1 is 1.42 bits per heavy atom. The normalized spacial score (nSPS) is 23.7. The number of rotatable bonds is 4. The van der Waals surface area contributed by atoms with Crippen LogP contribution >= 0.6 is 11.6 Å². The fourth-order valence-electron chi connectivity index (χ4n) is 2.43. The van der Waals surface area contributed by atoms with Gasteiger partial charge in [0.1, 0.15) is 0 Å². The number of hydrogen-bond donors (Lipinski definition) is 2. The van der Waals surface area contributed by atoms with Crippen molar-refractivity contribution in [3.63, 3.8) is 0 Å². The molecule has 19 heavy (non-hydrogen) atoms. The van der Waals surface area contributed by atoms with Gasteiger partial charge in [0.25, 0.3) is 0 Å². The minimum Gasteiger partial charge on any atom is -0.392 e. The fourth-order valence-corrected chi connectivity index (χ4v) is 4.03. The van der Waals surface area contributed by atoms with Gasteiger partial charge in [-0.1, -0.05) is 24.9 Å². The largest absolute Gasteiger partial charge is 0.392 e. The molecular weight excluding hydrogens is 286 g/mol. The zero-order chi connectivity index (χ0) is 14.0. The second-order valence-corrected chi connectivity index (χ2v) is 7.17. The Hall–Kier alpha value is -0.620. The van der Waals surface area contributed by atoms with Gasteiger partial charge < -0.3 is 5.11 Å². The Bertz CT molecular complexity index is 559. The van der Waals surface area contributed by atoms with Crippen molar-refractivity contribution < 1.29 is 13.5 Å². The minimum atomic E-state index is -3.55. The van der Waals surface area contributed by atoms with E-state index in [9.17, 15) is 8.42 Å². The van der Waals surface area contributed by atoms with Gasteiger partial charge in [0, 0.05) is 11.1 Å². The van der Waals surface area contributed by atoms with Crippen molar-refractivity contribution in [1.82, 2.24) is 4.72 Å². The molecule has 0 radical (unpaired) electrons. The molecule has 0 heterocycles. The Morgan fingerprint density at radius 2 is 2.16 bits per heavy atom. The third kappa shape index (κ3) is 3.28. The average molecular weight is 304 g/mol. The highest BCUT2D eigenvalue weighted by Gasteiger charge is 2.28. The van der Waals surface area contributed by atoms with Crippen LogP contribution in [-0.4, -0.2) is 19.6 Å². The predicted molar refractivity (Wildman–Crippen MR) is 74.5 cm³/mol. The van der Waals surface area contributed by atoms with Gasteiger partial charge in [0.05, 0.1) is 11.5 Å². The lowest BCUT2D eigenvalue weighted by atomic mass is 10.1. The summed E-state index contributed by atoms with van der Waals surface area (Å²) in [6.45, 7) is 1.78. The SMILES string of the molecule is CC1CCCC1NS(=O)(=O)c1ccc(Cl)c(CO)c1. The van der Waals surface area contributed by atoms with E-state index in [1.165, 1.54) is 18.2 Å². The van der Waals surface area contributed by atoms with Crippen molar-refractivity contribution in [3.05, 3.63) is 28.8 Å². The van der Waals surface area contributed by atoms with E-state index in [0.717, 1.165) is 19.3 Å². The van der Waals surface area contributed by atoms with Gasteiger partial charge in [-0.15, -0.1) is 0 Å². The molecule has 1 aromatic carbocycles. The summed E-state index contributed by atoms with van der Waals surface area (Å²) in [5.41, 5.74) is 0.420. The molecule has 2 rings (SSSR count). The number of sulfonamides is 1. The smallest absolute Gasteiger partial charge is 0.240 e. The van der Waals surface area contributed by atoms with E-state index < -0.39 is 10.0 Å². The number of benzene rings is 1. The Labute approximate surface area is 118 Å². The van der Waals surface area contributed by atoms with Crippen LogP contribution in [0.3, 0.4) is 0 Å². The third-order valence-electron chi connectivity index (χ3n) is 3.67. The van der Waals surface area contributed by atoms with Crippen molar-refractivity contribution in [2.45, 2.75) is 43.7 Å². The number of nitrogens with one attached hydrogen (secondary N) is 1. The van der Waals surface area contributed by atoms with E-state index in [0.29, 0.717) is 16.5 Å². The quantitative estimate of drug-likeness (QED) is 0.897. The van der Waals surface area contributed by atoms with Crippen LogP contribution < -0.4 is 4.72 Å². The molecule has 1 saturated carbocycles. The molecule has 0 bridgehead atoms. The van der Waals surface area contributed by atoms with Gasteiger partial charge in [0.2, 0.25) is 10.0 Å². The number of hydrogen-bond acceptors (Lipinski definition) is 3. The highest BCUT2D eigenvalue weighted by molar-refractivity contribution is 7.89. The molecule has 0 aromatic heterocycles. The van der Waals surface area contributed by atoms with E-state index >= 15 is 0 Å². The molecular formula is C13H18ClNO3S. The van der Waals surface area contributed by atoms with Gasteiger partial charge in [-0.2, -0.15) is 0 Å². The van der Waals surface area contributed by atoms with Crippen molar-refractivity contribution in [2.75, 3.05) is 0 Å². The summed E-state index contributed by atoms with van der Waals surface area (Å²) in [6.07, 6.45) is 2.98. The standard InChI is InChI=1S/C13H18ClNO3S/c1-9-3-2-4-13(9)15-19(17,18)11-5-6-12(14)10(7-11)8-16/h5-7,9,13,15-16H,2-4,8H2,1H3. The first-order valence-electron chi connectivity index (χ1n) is 6.35. The van der Waals surface area contributed by atoms with Gasteiger partial charge >= 0.3 is 0 Å². The molecule has 2 unspecified atom stereocenters. The van der Waals surface area contributed by atoms with Gasteiger partial charge in [-0.05, 0) is 42.5 Å². The molecule has 0 amide bonds. The summed E-state index contributed by atoms with van der Waals surface area (Å²) < 4.78 is 27.3. The molecule has 1 aliphatic rings. The molecule has 1 fully saturated rings. The van der Waals surface area contributed by atoms with Crippen molar-refractivity contribution >= 4 is 21.6 Å². The van der Waals surface area contributed by atoms with Crippen LogP contribution in [0.25, 0.3) is 0 Å². The zero-order valence-electron chi connectivity index (χ0n) is 10.8. The lowest BCUT2D eigenvalue weighted by molar-refractivity contribution is 0.281. The molecule has 106 valence electrons. The van der Waals surface area contributed by atoms with Crippen LogP contribution in [0.5, 0.6) is 0 Å². The van der Waals surface area contributed by atoms with E-state index in [4.69, 9.17) is 16.7 Å². The van der Waals surface area contributed by atoms with Gasteiger partial charge in [-0.3, -0.25) is 0 Å². The van der Waals surface area contributed by atoms with Gasteiger partial charge in [-0.25, -0.2) is 13.1 Å². The van der Waals surface area contributed by atoms with Crippen LogP contribution in [0.2, 0.25) is 5.02 Å². The van der Waals surface area contributed by atoms with Crippen molar-refractivity contribution in [2.24, 2.45) is 5.92 Å².